The van der Waals surface area contributed by atoms with Crippen molar-refractivity contribution in [3.8, 4) is 0 Å². The summed E-state index contributed by atoms with van der Waals surface area (Å²) in [6.45, 7) is 8.41. The Morgan fingerprint density at radius 2 is 1.77 bits per heavy atom. The fourth-order valence-corrected chi connectivity index (χ4v) is 3.42. The van der Waals surface area contributed by atoms with Crippen molar-refractivity contribution in [2.24, 2.45) is 0 Å². The van der Waals surface area contributed by atoms with E-state index in [9.17, 15) is 9.59 Å². The summed E-state index contributed by atoms with van der Waals surface area (Å²) in [5, 5.41) is 2.95. The number of nitrogens with one attached hydrogen (secondary N) is 1. The second-order valence-corrected chi connectivity index (χ2v) is 6.44. The molecule has 0 aliphatic carbocycles. The smallest absolute Gasteiger partial charge is 0.255 e. The SMILES string of the molecule is CCN(CC)c1ccc(NC(=O)c2ccc3c(c2)CCN3C(C)=O)cc1. The molecule has 1 aliphatic heterocycles. The van der Waals surface area contributed by atoms with Crippen molar-refractivity contribution in [3.05, 3.63) is 53.6 Å². The van der Waals surface area contributed by atoms with E-state index in [2.05, 4.69) is 24.1 Å². The Kier molecular flexibility index (Phi) is 5.26. The van der Waals surface area contributed by atoms with Gasteiger partial charge in [-0.15, -0.1) is 0 Å². The summed E-state index contributed by atoms with van der Waals surface area (Å²) < 4.78 is 0. The van der Waals surface area contributed by atoms with Crippen LogP contribution in [-0.4, -0.2) is 31.4 Å². The lowest BCUT2D eigenvalue weighted by Crippen LogP contribution is -2.25. The van der Waals surface area contributed by atoms with Crippen LogP contribution in [0.15, 0.2) is 42.5 Å². The van der Waals surface area contributed by atoms with E-state index in [0.29, 0.717) is 12.1 Å². The lowest BCUT2D eigenvalue weighted by molar-refractivity contribution is -0.116. The fourth-order valence-electron chi connectivity index (χ4n) is 3.42. The molecular weight excluding hydrogens is 326 g/mol. The molecule has 2 aromatic carbocycles. The maximum atomic E-state index is 12.6. The molecule has 1 heterocycles. The Hall–Kier alpha value is -2.82. The molecule has 0 unspecified atom stereocenters. The third-order valence-corrected chi connectivity index (χ3v) is 4.87. The molecule has 0 saturated carbocycles. The Morgan fingerprint density at radius 1 is 1.08 bits per heavy atom. The molecule has 26 heavy (non-hydrogen) atoms. The molecule has 0 spiro atoms. The number of nitrogens with zero attached hydrogens (tertiary/aromatic N) is 2. The lowest BCUT2D eigenvalue weighted by atomic mass is 10.1. The van der Waals surface area contributed by atoms with E-state index in [4.69, 9.17) is 0 Å². The van der Waals surface area contributed by atoms with Crippen LogP contribution in [0, 0.1) is 0 Å². The van der Waals surface area contributed by atoms with Crippen LogP contribution in [0.4, 0.5) is 17.1 Å². The summed E-state index contributed by atoms with van der Waals surface area (Å²) in [4.78, 5) is 28.2. The minimum atomic E-state index is -0.135. The Morgan fingerprint density at radius 3 is 2.38 bits per heavy atom. The fraction of sp³-hybridized carbons (Fsp3) is 0.333. The molecule has 0 radical (unpaired) electrons. The van der Waals surface area contributed by atoms with Crippen LogP contribution in [-0.2, 0) is 11.2 Å². The van der Waals surface area contributed by atoms with Crippen molar-refractivity contribution in [1.82, 2.24) is 0 Å². The van der Waals surface area contributed by atoms with E-state index in [-0.39, 0.29) is 11.8 Å². The van der Waals surface area contributed by atoms with Gasteiger partial charge in [0.25, 0.3) is 5.91 Å². The van der Waals surface area contributed by atoms with Crippen LogP contribution in [0.25, 0.3) is 0 Å². The minimum absolute atomic E-state index is 0.0363. The van der Waals surface area contributed by atoms with Crippen LogP contribution in [0.1, 0.15) is 36.7 Å². The quantitative estimate of drug-likeness (QED) is 0.894. The van der Waals surface area contributed by atoms with Crippen LogP contribution >= 0.6 is 0 Å². The number of hydrogen-bond donors (Lipinski definition) is 1. The zero-order valence-electron chi connectivity index (χ0n) is 15.6. The molecule has 1 aliphatic rings. The average Bonchev–Trinajstić information content (AvgIpc) is 3.07. The maximum absolute atomic E-state index is 12.6. The van der Waals surface area contributed by atoms with E-state index in [1.54, 1.807) is 17.9 Å². The van der Waals surface area contributed by atoms with Crippen molar-refractivity contribution < 1.29 is 9.59 Å². The van der Waals surface area contributed by atoms with Crippen molar-refractivity contribution in [2.75, 3.05) is 34.8 Å². The standard InChI is InChI=1S/C21H25N3O2/c1-4-23(5-2)19-9-7-18(8-10-19)22-21(26)17-6-11-20-16(14-17)12-13-24(20)15(3)25/h6-11,14H,4-5,12-13H2,1-3H3,(H,22,26). The molecule has 136 valence electrons. The zero-order valence-corrected chi connectivity index (χ0v) is 15.6. The summed E-state index contributed by atoms with van der Waals surface area (Å²) in [5.41, 5.74) is 4.50. The molecule has 3 rings (SSSR count). The van der Waals surface area contributed by atoms with E-state index < -0.39 is 0 Å². The van der Waals surface area contributed by atoms with Gasteiger partial charge in [-0.1, -0.05) is 0 Å². The highest BCUT2D eigenvalue weighted by atomic mass is 16.2. The monoisotopic (exact) mass is 351 g/mol. The van der Waals surface area contributed by atoms with Crippen LogP contribution in [0.5, 0.6) is 0 Å². The van der Waals surface area contributed by atoms with E-state index in [1.807, 2.05) is 36.4 Å². The molecule has 0 bridgehead atoms. The van der Waals surface area contributed by atoms with E-state index >= 15 is 0 Å². The lowest BCUT2D eigenvalue weighted by Gasteiger charge is -2.21. The van der Waals surface area contributed by atoms with E-state index in [1.165, 1.54) is 0 Å². The summed E-state index contributed by atoms with van der Waals surface area (Å²) >= 11 is 0. The zero-order chi connectivity index (χ0) is 18.7. The second kappa shape index (κ2) is 7.60. The third-order valence-electron chi connectivity index (χ3n) is 4.87. The molecule has 0 atom stereocenters. The first kappa shape index (κ1) is 18.0. The number of carbonyl (C=O) groups excluding carboxylic acids is 2. The number of rotatable bonds is 5. The number of amides is 2. The van der Waals surface area contributed by atoms with Crippen LogP contribution in [0.3, 0.4) is 0 Å². The number of fused-ring (bicyclic) bond motifs is 1. The third kappa shape index (κ3) is 3.57. The Bertz CT molecular complexity index is 811. The summed E-state index contributed by atoms with van der Waals surface area (Å²) in [6.07, 6.45) is 0.786. The number of hydrogen-bond acceptors (Lipinski definition) is 3. The van der Waals surface area contributed by atoms with Gasteiger partial charge in [0, 0.05) is 49.2 Å². The number of benzene rings is 2. The van der Waals surface area contributed by atoms with Crippen molar-refractivity contribution in [1.29, 1.82) is 0 Å². The highest BCUT2D eigenvalue weighted by Gasteiger charge is 2.23. The normalized spacial score (nSPS) is 12.7. The number of carbonyl (C=O) groups is 2. The van der Waals surface area contributed by atoms with Crippen molar-refractivity contribution in [3.63, 3.8) is 0 Å². The molecule has 0 aromatic heterocycles. The molecule has 0 fully saturated rings. The van der Waals surface area contributed by atoms with Gasteiger partial charge in [0.15, 0.2) is 0 Å². The molecular formula is C21H25N3O2. The van der Waals surface area contributed by atoms with Gasteiger partial charge in [-0.3, -0.25) is 9.59 Å². The number of anilines is 3. The predicted molar refractivity (Wildman–Crippen MR) is 106 cm³/mol. The molecule has 5 nitrogen and oxygen atoms in total. The Balaban J connectivity index is 1.72. The van der Waals surface area contributed by atoms with Gasteiger partial charge >= 0.3 is 0 Å². The first-order valence-electron chi connectivity index (χ1n) is 9.10. The van der Waals surface area contributed by atoms with E-state index in [0.717, 1.165) is 42.1 Å². The van der Waals surface area contributed by atoms with Crippen LogP contribution in [0.2, 0.25) is 0 Å². The summed E-state index contributed by atoms with van der Waals surface area (Å²) in [7, 11) is 0. The Labute approximate surface area is 154 Å². The van der Waals surface area contributed by atoms with Crippen molar-refractivity contribution >= 4 is 28.9 Å². The molecule has 0 saturated heterocycles. The van der Waals surface area contributed by atoms with Gasteiger partial charge in [0.05, 0.1) is 0 Å². The highest BCUT2D eigenvalue weighted by molar-refractivity contribution is 6.05. The highest BCUT2D eigenvalue weighted by Crippen LogP contribution is 2.29. The average molecular weight is 351 g/mol. The maximum Gasteiger partial charge on any atom is 0.255 e. The first-order valence-corrected chi connectivity index (χ1v) is 9.10. The van der Waals surface area contributed by atoms with Gasteiger partial charge < -0.3 is 15.1 Å². The topological polar surface area (TPSA) is 52.7 Å². The van der Waals surface area contributed by atoms with Gasteiger partial charge in [-0.05, 0) is 68.3 Å². The first-order chi connectivity index (χ1) is 12.5. The van der Waals surface area contributed by atoms with Gasteiger partial charge in [-0.25, -0.2) is 0 Å². The van der Waals surface area contributed by atoms with Crippen LogP contribution < -0.4 is 15.1 Å². The summed E-state index contributed by atoms with van der Waals surface area (Å²) in [5.74, 6) is -0.0982. The van der Waals surface area contributed by atoms with Gasteiger partial charge in [0.2, 0.25) is 5.91 Å². The molecule has 5 heteroatoms. The summed E-state index contributed by atoms with van der Waals surface area (Å²) in [6, 6.07) is 13.4. The molecule has 2 amide bonds. The van der Waals surface area contributed by atoms with Gasteiger partial charge in [0.1, 0.15) is 0 Å². The molecule has 1 N–H and O–H groups in total. The van der Waals surface area contributed by atoms with Crippen molar-refractivity contribution in [2.45, 2.75) is 27.2 Å². The predicted octanol–water partition coefficient (Wildman–Crippen LogP) is 3.69. The minimum Gasteiger partial charge on any atom is -0.372 e. The molecule has 2 aromatic rings. The van der Waals surface area contributed by atoms with Gasteiger partial charge in [-0.2, -0.15) is 0 Å². The second-order valence-electron chi connectivity index (χ2n) is 6.44. The largest absolute Gasteiger partial charge is 0.372 e.